The van der Waals surface area contributed by atoms with Crippen LogP contribution in [-0.2, 0) is 0 Å². The van der Waals surface area contributed by atoms with Crippen LogP contribution >= 0.6 is 11.3 Å². The van der Waals surface area contributed by atoms with Gasteiger partial charge < -0.3 is 19.7 Å². The average Bonchev–Trinajstić information content (AvgIpc) is 3.02. The minimum absolute atomic E-state index is 0.0649. The number of benzene rings is 1. The van der Waals surface area contributed by atoms with E-state index in [4.69, 9.17) is 9.47 Å². The Labute approximate surface area is 151 Å². The molecule has 1 aromatic carbocycles. The van der Waals surface area contributed by atoms with Gasteiger partial charge in [-0.25, -0.2) is 4.98 Å². The van der Waals surface area contributed by atoms with Gasteiger partial charge in [0.05, 0.1) is 19.9 Å². The van der Waals surface area contributed by atoms with Gasteiger partial charge in [-0.1, -0.05) is 0 Å². The number of piperazine rings is 1. The Morgan fingerprint density at radius 1 is 1.32 bits per heavy atom. The van der Waals surface area contributed by atoms with Crippen molar-refractivity contribution in [2.45, 2.75) is 19.9 Å². The first kappa shape index (κ1) is 17.7. The van der Waals surface area contributed by atoms with E-state index in [0.29, 0.717) is 22.4 Å². The minimum atomic E-state index is 0.0649. The number of thiazole rings is 1. The summed E-state index contributed by atoms with van der Waals surface area (Å²) in [5, 5.41) is 4.17. The summed E-state index contributed by atoms with van der Waals surface area (Å²) in [6.45, 7) is 6.26. The standard InChI is InChI=1S/C18H23N3O3S/c1-11-10-21(8-7-19-11)18(22)16-12(2)20-17(25-16)13-5-6-14(23-3)15(9-13)24-4/h5-6,9,11,19H,7-8,10H2,1-4H3. The maximum absolute atomic E-state index is 12.9. The van der Waals surface area contributed by atoms with Crippen molar-refractivity contribution in [3.63, 3.8) is 0 Å². The van der Waals surface area contributed by atoms with Crippen molar-refractivity contribution in [3.05, 3.63) is 28.8 Å². The third kappa shape index (κ3) is 3.62. The van der Waals surface area contributed by atoms with Crippen molar-refractivity contribution < 1.29 is 14.3 Å². The highest BCUT2D eigenvalue weighted by Crippen LogP contribution is 2.35. The molecule has 1 N–H and O–H groups in total. The van der Waals surface area contributed by atoms with Crippen LogP contribution in [0.25, 0.3) is 10.6 Å². The summed E-state index contributed by atoms with van der Waals surface area (Å²) in [7, 11) is 3.21. The number of hydrogen-bond acceptors (Lipinski definition) is 6. The summed E-state index contributed by atoms with van der Waals surface area (Å²) < 4.78 is 10.6. The number of amides is 1. The molecule has 3 rings (SSSR count). The number of methoxy groups -OCH3 is 2. The predicted octanol–water partition coefficient (Wildman–Crippen LogP) is 2.57. The fourth-order valence-corrected chi connectivity index (χ4v) is 3.98. The molecule has 0 spiro atoms. The van der Waals surface area contributed by atoms with Crippen LogP contribution in [0.4, 0.5) is 0 Å². The number of ether oxygens (including phenoxy) is 2. The Morgan fingerprint density at radius 3 is 2.76 bits per heavy atom. The van der Waals surface area contributed by atoms with Crippen molar-refractivity contribution in [1.82, 2.24) is 15.2 Å². The summed E-state index contributed by atoms with van der Waals surface area (Å²) in [4.78, 5) is 20.1. The zero-order chi connectivity index (χ0) is 18.0. The van der Waals surface area contributed by atoms with Gasteiger partial charge in [-0.15, -0.1) is 11.3 Å². The van der Waals surface area contributed by atoms with Crippen LogP contribution in [0.5, 0.6) is 11.5 Å². The summed E-state index contributed by atoms with van der Waals surface area (Å²) in [6.07, 6.45) is 0. The van der Waals surface area contributed by atoms with Gasteiger partial charge in [-0.05, 0) is 32.0 Å². The van der Waals surface area contributed by atoms with Crippen molar-refractivity contribution in [2.75, 3.05) is 33.9 Å². The molecular formula is C18H23N3O3S. The average molecular weight is 361 g/mol. The Bertz CT molecular complexity index is 775. The van der Waals surface area contributed by atoms with Crippen molar-refractivity contribution in [3.8, 4) is 22.1 Å². The Morgan fingerprint density at radius 2 is 2.08 bits per heavy atom. The van der Waals surface area contributed by atoms with Gasteiger partial charge in [0, 0.05) is 31.2 Å². The third-order valence-electron chi connectivity index (χ3n) is 4.28. The molecule has 1 fully saturated rings. The molecule has 1 saturated heterocycles. The molecule has 1 aliphatic rings. The van der Waals surface area contributed by atoms with Crippen molar-refractivity contribution in [1.29, 1.82) is 0 Å². The number of carbonyl (C=O) groups is 1. The molecule has 0 saturated carbocycles. The van der Waals surface area contributed by atoms with Gasteiger partial charge in [-0.2, -0.15) is 0 Å². The smallest absolute Gasteiger partial charge is 0.265 e. The second-order valence-electron chi connectivity index (χ2n) is 6.11. The van der Waals surface area contributed by atoms with Gasteiger partial charge >= 0.3 is 0 Å². The van der Waals surface area contributed by atoms with Crippen LogP contribution in [0.15, 0.2) is 18.2 Å². The number of nitrogens with zero attached hydrogens (tertiary/aromatic N) is 2. The molecule has 0 bridgehead atoms. The lowest BCUT2D eigenvalue weighted by atomic mass is 10.2. The van der Waals surface area contributed by atoms with Gasteiger partial charge in [0.2, 0.25) is 0 Å². The summed E-state index contributed by atoms with van der Waals surface area (Å²) in [6, 6.07) is 5.99. The van der Waals surface area contributed by atoms with Crippen LogP contribution in [-0.4, -0.2) is 55.7 Å². The summed E-state index contributed by atoms with van der Waals surface area (Å²) >= 11 is 1.43. The fourth-order valence-electron chi connectivity index (χ4n) is 2.95. The molecule has 134 valence electrons. The van der Waals surface area contributed by atoms with Gasteiger partial charge in [0.15, 0.2) is 11.5 Å². The second kappa shape index (κ2) is 7.41. The van der Waals surface area contributed by atoms with Crippen LogP contribution in [0, 0.1) is 6.92 Å². The molecule has 1 aromatic heterocycles. The SMILES string of the molecule is COc1ccc(-c2nc(C)c(C(=O)N3CCNC(C)C3)s2)cc1OC. The van der Waals surface area contributed by atoms with Crippen molar-refractivity contribution in [2.24, 2.45) is 0 Å². The Balaban J connectivity index is 1.88. The first-order valence-electron chi connectivity index (χ1n) is 8.26. The third-order valence-corrected chi connectivity index (χ3v) is 5.47. The monoisotopic (exact) mass is 361 g/mol. The minimum Gasteiger partial charge on any atom is -0.493 e. The lowest BCUT2D eigenvalue weighted by Gasteiger charge is -2.31. The molecule has 0 aliphatic carbocycles. The van der Waals surface area contributed by atoms with E-state index in [9.17, 15) is 4.79 Å². The largest absolute Gasteiger partial charge is 0.493 e. The molecule has 6 nitrogen and oxygen atoms in total. The highest BCUT2D eigenvalue weighted by Gasteiger charge is 2.25. The van der Waals surface area contributed by atoms with E-state index in [1.54, 1.807) is 14.2 Å². The van der Waals surface area contributed by atoms with Crippen LogP contribution in [0.3, 0.4) is 0 Å². The number of hydrogen-bond donors (Lipinski definition) is 1. The summed E-state index contributed by atoms with van der Waals surface area (Å²) in [5.74, 6) is 1.39. The molecule has 1 amide bonds. The Hall–Kier alpha value is -2.12. The number of rotatable bonds is 4. The number of aromatic nitrogens is 1. The first-order valence-corrected chi connectivity index (χ1v) is 9.07. The van der Waals surface area contributed by atoms with E-state index < -0.39 is 0 Å². The van der Waals surface area contributed by atoms with E-state index >= 15 is 0 Å². The molecule has 1 unspecified atom stereocenters. The maximum Gasteiger partial charge on any atom is 0.265 e. The highest BCUT2D eigenvalue weighted by molar-refractivity contribution is 7.17. The molecular weight excluding hydrogens is 338 g/mol. The van der Waals surface area contributed by atoms with Gasteiger partial charge in [0.1, 0.15) is 9.88 Å². The quantitative estimate of drug-likeness (QED) is 0.907. The molecule has 2 heterocycles. The molecule has 1 aliphatic heterocycles. The molecule has 1 atom stereocenters. The molecule has 2 aromatic rings. The lowest BCUT2D eigenvalue weighted by molar-refractivity contribution is 0.0713. The van der Waals surface area contributed by atoms with E-state index in [1.807, 2.05) is 30.0 Å². The van der Waals surface area contributed by atoms with Gasteiger partial charge in [-0.3, -0.25) is 4.79 Å². The normalized spacial score (nSPS) is 17.4. The predicted molar refractivity (Wildman–Crippen MR) is 98.8 cm³/mol. The van der Waals surface area contributed by atoms with E-state index in [2.05, 4.69) is 17.2 Å². The van der Waals surface area contributed by atoms with Crippen LogP contribution < -0.4 is 14.8 Å². The lowest BCUT2D eigenvalue weighted by Crippen LogP contribution is -2.51. The molecule has 0 radical (unpaired) electrons. The number of nitrogens with one attached hydrogen (secondary N) is 1. The fraction of sp³-hybridized carbons (Fsp3) is 0.444. The summed E-state index contributed by atoms with van der Waals surface area (Å²) in [5.41, 5.74) is 1.68. The van der Waals surface area contributed by atoms with Crippen LogP contribution in [0.2, 0.25) is 0 Å². The van der Waals surface area contributed by atoms with E-state index in [1.165, 1.54) is 11.3 Å². The number of aryl methyl sites for hydroxylation is 1. The second-order valence-corrected chi connectivity index (χ2v) is 7.11. The van der Waals surface area contributed by atoms with Gasteiger partial charge in [0.25, 0.3) is 5.91 Å². The topological polar surface area (TPSA) is 63.7 Å². The molecule has 7 heteroatoms. The zero-order valence-corrected chi connectivity index (χ0v) is 15.8. The van der Waals surface area contributed by atoms with E-state index in [0.717, 1.165) is 35.9 Å². The van der Waals surface area contributed by atoms with Crippen LogP contribution in [0.1, 0.15) is 22.3 Å². The number of carbonyl (C=O) groups excluding carboxylic acids is 1. The van der Waals surface area contributed by atoms with E-state index in [-0.39, 0.29) is 5.91 Å². The first-order chi connectivity index (χ1) is 12.0. The highest BCUT2D eigenvalue weighted by atomic mass is 32.1. The maximum atomic E-state index is 12.9. The zero-order valence-electron chi connectivity index (χ0n) is 15.0. The Kier molecular flexibility index (Phi) is 5.24. The molecule has 25 heavy (non-hydrogen) atoms. The van der Waals surface area contributed by atoms with Crippen molar-refractivity contribution >= 4 is 17.2 Å².